The van der Waals surface area contributed by atoms with Gasteiger partial charge in [0.1, 0.15) is 11.3 Å². The van der Waals surface area contributed by atoms with E-state index in [0.717, 1.165) is 5.56 Å². The summed E-state index contributed by atoms with van der Waals surface area (Å²) in [6.45, 7) is 2.10. The van der Waals surface area contributed by atoms with Gasteiger partial charge in [-0.05, 0) is 25.1 Å². The fourth-order valence-corrected chi connectivity index (χ4v) is 1.58. The van der Waals surface area contributed by atoms with Crippen molar-refractivity contribution in [2.45, 2.75) is 6.92 Å². The molecule has 0 aliphatic rings. The van der Waals surface area contributed by atoms with Crippen LogP contribution in [0.5, 0.6) is 0 Å². The molecule has 4 heteroatoms. The van der Waals surface area contributed by atoms with Crippen LogP contribution in [0.3, 0.4) is 0 Å². The average molecular weight is 231 g/mol. The number of nitrogen functional groups attached to an aromatic ring is 1. The Bertz CT molecular complexity index is 531. The molecule has 0 unspecified atom stereocenters. The number of benzene rings is 1. The van der Waals surface area contributed by atoms with E-state index in [2.05, 4.69) is 0 Å². The van der Waals surface area contributed by atoms with Crippen molar-refractivity contribution in [3.8, 4) is 11.3 Å². The molecule has 0 amide bonds. The summed E-state index contributed by atoms with van der Waals surface area (Å²) in [4.78, 5) is 11.7. The van der Waals surface area contributed by atoms with Crippen LogP contribution in [0.2, 0.25) is 0 Å². The highest BCUT2D eigenvalue weighted by Crippen LogP contribution is 2.26. The fourth-order valence-electron chi connectivity index (χ4n) is 1.58. The lowest BCUT2D eigenvalue weighted by Crippen LogP contribution is -2.04. The van der Waals surface area contributed by atoms with Crippen LogP contribution in [0.4, 0.5) is 5.69 Å². The van der Waals surface area contributed by atoms with Crippen LogP contribution in [0, 0.1) is 0 Å². The minimum absolute atomic E-state index is 0.334. The molecule has 0 saturated heterocycles. The second-order valence-electron chi connectivity index (χ2n) is 3.51. The predicted molar refractivity (Wildman–Crippen MR) is 64.5 cm³/mol. The molecule has 0 atom stereocenters. The van der Waals surface area contributed by atoms with Crippen molar-refractivity contribution in [1.82, 2.24) is 0 Å². The summed E-state index contributed by atoms with van der Waals surface area (Å²) in [5, 5.41) is 0. The van der Waals surface area contributed by atoms with Gasteiger partial charge in [-0.25, -0.2) is 4.79 Å². The molecular weight excluding hydrogens is 218 g/mol. The summed E-state index contributed by atoms with van der Waals surface area (Å²) in [7, 11) is 0. The van der Waals surface area contributed by atoms with Crippen molar-refractivity contribution in [3.63, 3.8) is 0 Å². The maximum atomic E-state index is 11.7. The average Bonchev–Trinajstić information content (AvgIpc) is 2.78. The third-order valence-corrected chi connectivity index (χ3v) is 2.31. The SMILES string of the molecule is CCOC(=O)c1ccoc1-c1cccc(N)c1. The van der Waals surface area contributed by atoms with Crippen molar-refractivity contribution in [2.24, 2.45) is 0 Å². The second-order valence-corrected chi connectivity index (χ2v) is 3.51. The van der Waals surface area contributed by atoms with Crippen molar-refractivity contribution < 1.29 is 13.9 Å². The summed E-state index contributed by atoms with van der Waals surface area (Å²) in [6, 6.07) is 8.76. The van der Waals surface area contributed by atoms with E-state index < -0.39 is 5.97 Å². The van der Waals surface area contributed by atoms with Crippen LogP contribution in [0.25, 0.3) is 11.3 Å². The van der Waals surface area contributed by atoms with Crippen LogP contribution in [-0.2, 0) is 4.74 Å². The monoisotopic (exact) mass is 231 g/mol. The number of anilines is 1. The molecule has 17 heavy (non-hydrogen) atoms. The van der Waals surface area contributed by atoms with E-state index in [1.54, 1.807) is 25.1 Å². The molecule has 2 rings (SSSR count). The van der Waals surface area contributed by atoms with Gasteiger partial charge in [-0.1, -0.05) is 12.1 Å². The lowest BCUT2D eigenvalue weighted by atomic mass is 10.1. The molecule has 1 heterocycles. The van der Waals surface area contributed by atoms with E-state index in [4.69, 9.17) is 14.9 Å². The summed E-state index contributed by atoms with van der Waals surface area (Å²) in [5.74, 6) is 0.0921. The molecule has 0 saturated carbocycles. The molecule has 1 aromatic heterocycles. The van der Waals surface area contributed by atoms with Gasteiger partial charge in [0, 0.05) is 11.3 Å². The van der Waals surface area contributed by atoms with E-state index >= 15 is 0 Å². The minimum atomic E-state index is -0.390. The number of rotatable bonds is 3. The zero-order chi connectivity index (χ0) is 12.3. The highest BCUT2D eigenvalue weighted by molar-refractivity contribution is 5.95. The maximum absolute atomic E-state index is 11.7. The third-order valence-electron chi connectivity index (χ3n) is 2.31. The smallest absolute Gasteiger partial charge is 0.342 e. The van der Waals surface area contributed by atoms with Crippen molar-refractivity contribution in [2.75, 3.05) is 12.3 Å². The molecular formula is C13H13NO3. The summed E-state index contributed by atoms with van der Waals surface area (Å²) in [5.41, 5.74) is 7.49. The molecule has 4 nitrogen and oxygen atoms in total. The van der Waals surface area contributed by atoms with Gasteiger partial charge in [0.15, 0.2) is 0 Å². The number of hydrogen-bond acceptors (Lipinski definition) is 4. The zero-order valence-corrected chi connectivity index (χ0v) is 9.47. The highest BCUT2D eigenvalue weighted by Gasteiger charge is 2.17. The van der Waals surface area contributed by atoms with Crippen molar-refractivity contribution in [1.29, 1.82) is 0 Å². The van der Waals surface area contributed by atoms with Crippen LogP contribution in [0.1, 0.15) is 17.3 Å². The minimum Gasteiger partial charge on any atom is -0.463 e. The topological polar surface area (TPSA) is 65.5 Å². The van der Waals surface area contributed by atoms with Crippen LogP contribution < -0.4 is 5.73 Å². The molecule has 0 aliphatic carbocycles. The number of esters is 1. The van der Waals surface area contributed by atoms with Crippen LogP contribution in [-0.4, -0.2) is 12.6 Å². The molecule has 2 N–H and O–H groups in total. The van der Waals surface area contributed by atoms with E-state index in [0.29, 0.717) is 23.6 Å². The maximum Gasteiger partial charge on any atom is 0.342 e. The van der Waals surface area contributed by atoms with Gasteiger partial charge in [-0.2, -0.15) is 0 Å². The summed E-state index contributed by atoms with van der Waals surface area (Å²) in [6.07, 6.45) is 1.46. The lowest BCUT2D eigenvalue weighted by molar-refractivity contribution is 0.0527. The van der Waals surface area contributed by atoms with E-state index in [9.17, 15) is 4.79 Å². The first kappa shape index (κ1) is 11.3. The Morgan fingerprint density at radius 3 is 2.94 bits per heavy atom. The number of nitrogens with two attached hydrogens (primary N) is 1. The molecule has 0 bridgehead atoms. The first-order chi connectivity index (χ1) is 8.22. The van der Waals surface area contributed by atoms with Gasteiger partial charge >= 0.3 is 5.97 Å². The van der Waals surface area contributed by atoms with Gasteiger partial charge in [0.05, 0.1) is 12.9 Å². The number of ether oxygens (including phenoxy) is 1. The first-order valence-electron chi connectivity index (χ1n) is 5.33. The molecule has 0 spiro atoms. The number of carbonyl (C=O) groups excluding carboxylic acids is 1. The molecule has 0 fully saturated rings. The summed E-state index contributed by atoms with van der Waals surface area (Å²) < 4.78 is 10.3. The lowest BCUT2D eigenvalue weighted by Gasteiger charge is -2.03. The van der Waals surface area contributed by atoms with E-state index in [-0.39, 0.29) is 0 Å². The van der Waals surface area contributed by atoms with Crippen molar-refractivity contribution >= 4 is 11.7 Å². The summed E-state index contributed by atoms with van der Waals surface area (Å²) >= 11 is 0. The van der Waals surface area contributed by atoms with Gasteiger partial charge in [0.25, 0.3) is 0 Å². The quantitative estimate of drug-likeness (QED) is 0.651. The number of furan rings is 1. The molecule has 0 radical (unpaired) electrons. The molecule has 1 aromatic carbocycles. The Balaban J connectivity index is 2.40. The zero-order valence-electron chi connectivity index (χ0n) is 9.47. The van der Waals surface area contributed by atoms with Gasteiger partial charge in [-0.15, -0.1) is 0 Å². The third kappa shape index (κ3) is 2.30. The highest BCUT2D eigenvalue weighted by atomic mass is 16.5. The Kier molecular flexibility index (Phi) is 3.14. The first-order valence-corrected chi connectivity index (χ1v) is 5.33. The second kappa shape index (κ2) is 4.74. The Hall–Kier alpha value is -2.23. The largest absolute Gasteiger partial charge is 0.463 e. The van der Waals surface area contributed by atoms with E-state index in [1.165, 1.54) is 6.26 Å². The normalized spacial score (nSPS) is 10.2. The molecule has 88 valence electrons. The fraction of sp³-hybridized carbons (Fsp3) is 0.154. The van der Waals surface area contributed by atoms with Crippen LogP contribution >= 0.6 is 0 Å². The molecule has 2 aromatic rings. The number of hydrogen-bond donors (Lipinski definition) is 1. The Morgan fingerprint density at radius 2 is 2.24 bits per heavy atom. The Labute approximate surface area is 99.0 Å². The number of carbonyl (C=O) groups is 1. The van der Waals surface area contributed by atoms with Gasteiger partial charge in [-0.3, -0.25) is 0 Å². The van der Waals surface area contributed by atoms with Gasteiger partial charge in [0.2, 0.25) is 0 Å². The standard InChI is InChI=1S/C13H13NO3/c1-2-16-13(15)11-6-7-17-12(11)9-4-3-5-10(14)8-9/h3-8H,2,14H2,1H3. The molecule has 0 aliphatic heterocycles. The van der Waals surface area contributed by atoms with E-state index in [1.807, 2.05) is 12.1 Å². The van der Waals surface area contributed by atoms with Crippen LogP contribution in [0.15, 0.2) is 41.0 Å². The predicted octanol–water partition coefficient (Wildman–Crippen LogP) is 2.71. The van der Waals surface area contributed by atoms with Crippen molar-refractivity contribution in [3.05, 3.63) is 42.2 Å². The van der Waals surface area contributed by atoms with Gasteiger partial charge < -0.3 is 14.9 Å². The Morgan fingerprint density at radius 1 is 1.41 bits per heavy atom.